The molecule has 0 aliphatic carbocycles. The number of aryl methyl sites for hydroxylation is 1. The maximum atomic E-state index is 12.6. The highest BCUT2D eigenvalue weighted by Gasteiger charge is 2.32. The number of aromatic nitrogens is 6. The molecule has 35 heavy (non-hydrogen) atoms. The van der Waals surface area contributed by atoms with E-state index >= 15 is 0 Å². The summed E-state index contributed by atoms with van der Waals surface area (Å²) < 4.78 is 11.2. The van der Waals surface area contributed by atoms with Gasteiger partial charge in [0.15, 0.2) is 0 Å². The Morgan fingerprint density at radius 1 is 0.943 bits per heavy atom. The summed E-state index contributed by atoms with van der Waals surface area (Å²) >= 11 is 0. The number of anilines is 3. The van der Waals surface area contributed by atoms with Crippen LogP contribution in [0, 0.1) is 6.92 Å². The van der Waals surface area contributed by atoms with Crippen LogP contribution in [-0.2, 0) is 4.74 Å². The lowest BCUT2D eigenvalue weighted by Gasteiger charge is -2.40. The number of aromatic amines is 1. The molecule has 13 nitrogen and oxygen atoms in total. The number of ether oxygens (including phenoxy) is 2. The zero-order valence-electron chi connectivity index (χ0n) is 21.5. The summed E-state index contributed by atoms with van der Waals surface area (Å²) in [6, 6.07) is 0.254. The highest BCUT2D eigenvalue weighted by molar-refractivity contribution is 5.69. The van der Waals surface area contributed by atoms with Crippen LogP contribution < -0.4 is 19.4 Å². The van der Waals surface area contributed by atoms with E-state index in [4.69, 9.17) is 14.5 Å². The van der Waals surface area contributed by atoms with Crippen molar-refractivity contribution in [2.75, 3.05) is 67.1 Å². The molecule has 1 amide bonds. The average Bonchev–Trinajstić information content (AvgIpc) is 3.24. The number of rotatable bonds is 5. The third-order valence-electron chi connectivity index (χ3n) is 5.83. The average molecular weight is 489 g/mol. The molecule has 2 aliphatic heterocycles. The Morgan fingerprint density at radius 2 is 1.54 bits per heavy atom. The quantitative estimate of drug-likeness (QED) is 0.657. The second kappa shape index (κ2) is 10.1. The van der Waals surface area contributed by atoms with Crippen LogP contribution in [0.15, 0.2) is 0 Å². The van der Waals surface area contributed by atoms with E-state index in [-0.39, 0.29) is 12.1 Å². The van der Waals surface area contributed by atoms with Crippen molar-refractivity contribution in [3.63, 3.8) is 0 Å². The summed E-state index contributed by atoms with van der Waals surface area (Å²) in [4.78, 5) is 39.0. The Morgan fingerprint density at radius 3 is 2.09 bits per heavy atom. The lowest BCUT2D eigenvalue weighted by atomic mass is 10.2. The van der Waals surface area contributed by atoms with Crippen LogP contribution in [0.1, 0.15) is 40.4 Å². The van der Waals surface area contributed by atoms with E-state index in [0.717, 1.165) is 32.0 Å². The lowest BCUT2D eigenvalue weighted by Crippen LogP contribution is -2.55. The Kier molecular flexibility index (Phi) is 7.13. The molecule has 4 rings (SSSR count). The van der Waals surface area contributed by atoms with Crippen LogP contribution in [0.5, 0.6) is 6.01 Å². The number of nitrogens with one attached hydrogen (secondary N) is 1. The number of nitrogens with zero attached hydrogens (tertiary/aromatic N) is 9. The summed E-state index contributed by atoms with van der Waals surface area (Å²) in [7, 11) is 0. The number of hydrogen-bond donors (Lipinski definition) is 1. The molecule has 0 saturated carbocycles. The van der Waals surface area contributed by atoms with Gasteiger partial charge in [0.1, 0.15) is 11.4 Å². The summed E-state index contributed by atoms with van der Waals surface area (Å²) in [6.07, 6.45) is -0.296. The maximum absolute atomic E-state index is 12.6. The van der Waals surface area contributed by atoms with Gasteiger partial charge in [-0.25, -0.2) is 4.79 Å². The van der Waals surface area contributed by atoms with Gasteiger partial charge >= 0.3 is 12.1 Å². The fraction of sp³-hybridized carbons (Fsp3) is 0.727. The minimum absolute atomic E-state index is 0.0530. The minimum atomic E-state index is -0.528. The number of piperazine rings is 2. The zero-order valence-corrected chi connectivity index (χ0v) is 21.5. The molecule has 1 atom stereocenters. The van der Waals surface area contributed by atoms with E-state index in [1.54, 1.807) is 4.90 Å². The van der Waals surface area contributed by atoms with Crippen LogP contribution in [0.25, 0.3) is 0 Å². The summed E-state index contributed by atoms with van der Waals surface area (Å²) in [6.45, 7) is 16.6. The van der Waals surface area contributed by atoms with Gasteiger partial charge in [0.2, 0.25) is 17.8 Å². The fourth-order valence-corrected chi connectivity index (χ4v) is 4.12. The van der Waals surface area contributed by atoms with Gasteiger partial charge in [-0.3, -0.25) is 5.10 Å². The van der Waals surface area contributed by atoms with Crippen LogP contribution in [0.2, 0.25) is 0 Å². The predicted octanol–water partition coefficient (Wildman–Crippen LogP) is 1.47. The summed E-state index contributed by atoms with van der Waals surface area (Å²) in [5.41, 5.74) is -0.528. The van der Waals surface area contributed by atoms with Crippen LogP contribution in [-0.4, -0.2) is 105 Å². The molecule has 0 aromatic carbocycles. The lowest BCUT2D eigenvalue weighted by molar-refractivity contribution is 0.0158. The SMILES string of the molecule is CCOc1nc(N2CCN(c3n[nH]c(C)n3)CC2)nc(N2CCN(C(=O)OC(C)(C)C)[C@H](C)C2)n1. The minimum Gasteiger partial charge on any atom is -0.464 e. The van der Waals surface area contributed by atoms with Crippen molar-refractivity contribution in [1.29, 1.82) is 0 Å². The normalized spacial score (nSPS) is 19.2. The standard InChI is InChI=1S/C22H36N10O3/c1-7-34-20-25-17(29-8-10-30(11-9-29)19-23-16(3)27-28-19)24-18(26-20)31-12-13-32(15(2)14-31)21(33)35-22(4,5)6/h15H,7-14H2,1-6H3,(H,23,27,28)/t15-/m1/s1. The number of amides is 1. The molecule has 0 radical (unpaired) electrons. The zero-order chi connectivity index (χ0) is 25.2. The molecule has 2 saturated heterocycles. The largest absolute Gasteiger partial charge is 0.464 e. The van der Waals surface area contributed by atoms with Crippen molar-refractivity contribution in [2.24, 2.45) is 0 Å². The highest BCUT2D eigenvalue weighted by atomic mass is 16.6. The first-order valence-electron chi connectivity index (χ1n) is 12.2. The molecule has 2 aliphatic rings. The van der Waals surface area contributed by atoms with Crippen molar-refractivity contribution in [3.8, 4) is 6.01 Å². The number of hydrogen-bond acceptors (Lipinski definition) is 11. The Hall–Kier alpha value is -3.38. The molecule has 0 unspecified atom stereocenters. The number of H-pyrrole nitrogens is 1. The van der Waals surface area contributed by atoms with Gasteiger partial charge in [-0.1, -0.05) is 0 Å². The molecule has 2 aromatic heterocycles. The molecule has 0 bridgehead atoms. The maximum Gasteiger partial charge on any atom is 0.410 e. The first-order chi connectivity index (χ1) is 16.6. The van der Waals surface area contributed by atoms with E-state index in [2.05, 4.69) is 39.8 Å². The van der Waals surface area contributed by atoms with Gasteiger partial charge in [0.25, 0.3) is 0 Å². The second-order valence-corrected chi connectivity index (χ2v) is 9.81. The predicted molar refractivity (Wildman–Crippen MR) is 131 cm³/mol. The van der Waals surface area contributed by atoms with Gasteiger partial charge in [-0.2, -0.15) is 19.9 Å². The van der Waals surface area contributed by atoms with Crippen molar-refractivity contribution < 1.29 is 14.3 Å². The van der Waals surface area contributed by atoms with Gasteiger partial charge < -0.3 is 29.1 Å². The van der Waals surface area contributed by atoms with Crippen molar-refractivity contribution in [2.45, 2.75) is 53.2 Å². The van der Waals surface area contributed by atoms with E-state index in [0.29, 0.717) is 50.1 Å². The van der Waals surface area contributed by atoms with E-state index in [1.807, 2.05) is 41.5 Å². The van der Waals surface area contributed by atoms with Gasteiger partial charge in [-0.15, -0.1) is 5.10 Å². The number of carbonyl (C=O) groups excluding carboxylic acids is 1. The van der Waals surface area contributed by atoms with E-state index < -0.39 is 5.60 Å². The van der Waals surface area contributed by atoms with E-state index in [9.17, 15) is 4.79 Å². The Balaban J connectivity index is 1.45. The van der Waals surface area contributed by atoms with Crippen molar-refractivity contribution in [1.82, 2.24) is 35.0 Å². The Bertz CT molecular complexity index is 1020. The molecule has 4 heterocycles. The van der Waals surface area contributed by atoms with Gasteiger partial charge in [-0.05, 0) is 41.5 Å². The van der Waals surface area contributed by atoms with Crippen molar-refractivity contribution in [3.05, 3.63) is 5.82 Å². The molecule has 13 heteroatoms. The molecular weight excluding hydrogens is 452 g/mol. The topological polar surface area (TPSA) is 129 Å². The Labute approximate surface area is 205 Å². The smallest absolute Gasteiger partial charge is 0.410 e. The first-order valence-corrected chi connectivity index (χ1v) is 12.2. The molecular formula is C22H36N10O3. The molecule has 2 fully saturated rings. The third kappa shape index (κ3) is 6.01. The van der Waals surface area contributed by atoms with Crippen LogP contribution in [0.3, 0.4) is 0 Å². The third-order valence-corrected chi connectivity index (χ3v) is 5.83. The second-order valence-electron chi connectivity index (χ2n) is 9.81. The van der Waals surface area contributed by atoms with Crippen LogP contribution >= 0.6 is 0 Å². The van der Waals surface area contributed by atoms with Gasteiger partial charge in [0.05, 0.1) is 6.61 Å². The van der Waals surface area contributed by atoms with Crippen molar-refractivity contribution >= 4 is 23.9 Å². The molecule has 192 valence electrons. The number of carbonyl (C=O) groups is 1. The monoisotopic (exact) mass is 488 g/mol. The molecule has 2 aromatic rings. The van der Waals surface area contributed by atoms with Gasteiger partial charge in [0, 0.05) is 51.9 Å². The van der Waals surface area contributed by atoms with E-state index in [1.165, 1.54) is 0 Å². The van der Waals surface area contributed by atoms with Crippen LogP contribution in [0.4, 0.5) is 22.6 Å². The molecule has 1 N–H and O–H groups in total. The highest BCUT2D eigenvalue weighted by Crippen LogP contribution is 2.23. The fourth-order valence-electron chi connectivity index (χ4n) is 4.12. The first kappa shape index (κ1) is 24.7. The summed E-state index contributed by atoms with van der Waals surface area (Å²) in [5, 5.41) is 7.16. The summed E-state index contributed by atoms with van der Waals surface area (Å²) in [5.74, 6) is 2.66. The molecule has 0 spiro atoms.